The Hall–Kier alpha value is -1.14. The molecule has 0 bridgehead atoms. The zero-order valence-corrected chi connectivity index (χ0v) is 10.9. The quantitative estimate of drug-likeness (QED) is 0.839. The number of nitrogens with zero attached hydrogens (tertiary/aromatic N) is 1. The number of likely N-dealkylation sites (N-methyl/N-ethyl adjacent to an activating group) is 1. The minimum absolute atomic E-state index is 0.139. The third kappa shape index (κ3) is 4.47. The fraction of sp³-hybridized carbons (Fsp3) is 0.538. The number of halogens is 4. The number of hydrogen-bond acceptors (Lipinski definition) is 2. The summed E-state index contributed by atoms with van der Waals surface area (Å²) in [6.07, 6.45) is -4.34. The predicted octanol–water partition coefficient (Wildman–Crippen LogP) is 3.10. The van der Waals surface area contributed by atoms with Gasteiger partial charge in [0.1, 0.15) is 5.82 Å². The van der Waals surface area contributed by atoms with Crippen LogP contribution in [0.1, 0.15) is 25.5 Å². The molecule has 0 heterocycles. The Labute approximate surface area is 110 Å². The molecule has 0 aromatic heterocycles. The van der Waals surface area contributed by atoms with Crippen molar-refractivity contribution < 1.29 is 17.6 Å². The third-order valence-electron chi connectivity index (χ3n) is 2.90. The Bertz CT molecular complexity index is 404. The van der Waals surface area contributed by atoms with E-state index < -0.39 is 30.6 Å². The van der Waals surface area contributed by atoms with Gasteiger partial charge in [0.25, 0.3) is 0 Å². The monoisotopic (exact) mass is 278 g/mol. The van der Waals surface area contributed by atoms with E-state index in [4.69, 9.17) is 5.73 Å². The molecule has 19 heavy (non-hydrogen) atoms. The van der Waals surface area contributed by atoms with E-state index in [0.717, 1.165) is 4.90 Å². The topological polar surface area (TPSA) is 29.3 Å². The molecule has 0 amide bonds. The van der Waals surface area contributed by atoms with Crippen LogP contribution in [0, 0.1) is 5.82 Å². The Morgan fingerprint density at radius 1 is 1.26 bits per heavy atom. The molecule has 2 nitrogen and oxygen atoms in total. The van der Waals surface area contributed by atoms with Gasteiger partial charge in [0, 0.05) is 11.6 Å². The summed E-state index contributed by atoms with van der Waals surface area (Å²) < 4.78 is 51.4. The molecule has 1 aromatic rings. The number of hydrogen-bond donors (Lipinski definition) is 1. The standard InChI is InChI=1S/C13H18F4N2/c1-3-19(8-13(15,16)17)12(9(2)18)10-6-4-5-7-11(10)14/h4-7,9,12H,3,8,18H2,1-2H3. The van der Waals surface area contributed by atoms with Crippen LogP contribution >= 0.6 is 0 Å². The van der Waals surface area contributed by atoms with Gasteiger partial charge >= 0.3 is 6.18 Å². The summed E-state index contributed by atoms with van der Waals surface area (Å²) in [5.41, 5.74) is 5.95. The van der Waals surface area contributed by atoms with Crippen molar-refractivity contribution in [3.63, 3.8) is 0 Å². The summed E-state index contributed by atoms with van der Waals surface area (Å²) in [6, 6.07) is 4.38. The Balaban J connectivity index is 3.09. The summed E-state index contributed by atoms with van der Waals surface area (Å²) in [6.45, 7) is 2.21. The third-order valence-corrected chi connectivity index (χ3v) is 2.90. The smallest absolute Gasteiger partial charge is 0.326 e. The highest BCUT2D eigenvalue weighted by Crippen LogP contribution is 2.29. The van der Waals surface area contributed by atoms with E-state index in [-0.39, 0.29) is 12.1 Å². The van der Waals surface area contributed by atoms with Gasteiger partial charge in [-0.2, -0.15) is 13.2 Å². The molecule has 0 fully saturated rings. The molecule has 0 saturated heterocycles. The van der Waals surface area contributed by atoms with Crippen LogP contribution in [0.5, 0.6) is 0 Å². The lowest BCUT2D eigenvalue weighted by molar-refractivity contribution is -0.151. The highest BCUT2D eigenvalue weighted by molar-refractivity contribution is 5.22. The Kier molecular flexibility index (Phi) is 5.31. The van der Waals surface area contributed by atoms with E-state index in [9.17, 15) is 17.6 Å². The highest BCUT2D eigenvalue weighted by Gasteiger charge is 2.35. The molecule has 2 unspecified atom stereocenters. The maximum absolute atomic E-state index is 13.8. The summed E-state index contributed by atoms with van der Waals surface area (Å²) in [7, 11) is 0. The van der Waals surface area contributed by atoms with E-state index >= 15 is 0 Å². The molecule has 0 aliphatic carbocycles. The molecular weight excluding hydrogens is 260 g/mol. The van der Waals surface area contributed by atoms with Crippen LogP contribution in [0.3, 0.4) is 0 Å². The predicted molar refractivity (Wildman–Crippen MR) is 66.1 cm³/mol. The second-order valence-corrected chi connectivity index (χ2v) is 4.50. The molecule has 0 spiro atoms. The molecule has 2 N–H and O–H groups in total. The van der Waals surface area contributed by atoms with Gasteiger partial charge in [0.05, 0.1) is 12.6 Å². The zero-order valence-electron chi connectivity index (χ0n) is 10.9. The van der Waals surface area contributed by atoms with E-state index in [0.29, 0.717) is 0 Å². The molecule has 0 radical (unpaired) electrons. The molecule has 0 saturated carbocycles. The van der Waals surface area contributed by atoms with Crippen LogP contribution in [0.2, 0.25) is 0 Å². The maximum Gasteiger partial charge on any atom is 0.401 e. The molecular formula is C13H18F4N2. The van der Waals surface area contributed by atoms with Gasteiger partial charge in [-0.1, -0.05) is 25.1 Å². The van der Waals surface area contributed by atoms with Gasteiger partial charge in [0.2, 0.25) is 0 Å². The van der Waals surface area contributed by atoms with Crippen LogP contribution in [0.25, 0.3) is 0 Å². The minimum atomic E-state index is -4.34. The average molecular weight is 278 g/mol. The van der Waals surface area contributed by atoms with Crippen molar-refractivity contribution in [2.45, 2.75) is 32.1 Å². The van der Waals surface area contributed by atoms with Crippen molar-refractivity contribution in [3.8, 4) is 0 Å². The number of rotatable bonds is 5. The number of nitrogens with two attached hydrogens (primary N) is 1. The second kappa shape index (κ2) is 6.34. The maximum atomic E-state index is 13.8. The van der Waals surface area contributed by atoms with Crippen molar-refractivity contribution in [2.24, 2.45) is 5.73 Å². The van der Waals surface area contributed by atoms with Gasteiger partial charge in [-0.3, -0.25) is 4.90 Å². The molecule has 108 valence electrons. The molecule has 0 aliphatic heterocycles. The van der Waals surface area contributed by atoms with Crippen molar-refractivity contribution in [1.82, 2.24) is 4.90 Å². The molecule has 0 aliphatic rings. The zero-order chi connectivity index (χ0) is 14.6. The van der Waals surface area contributed by atoms with Gasteiger partial charge in [0.15, 0.2) is 0 Å². The first-order chi connectivity index (χ1) is 8.76. The lowest BCUT2D eigenvalue weighted by atomic mass is 9.98. The molecule has 1 rings (SSSR count). The van der Waals surface area contributed by atoms with E-state index in [1.165, 1.54) is 18.2 Å². The second-order valence-electron chi connectivity index (χ2n) is 4.50. The summed E-state index contributed by atoms with van der Waals surface area (Å²) >= 11 is 0. The van der Waals surface area contributed by atoms with Crippen molar-refractivity contribution in [1.29, 1.82) is 0 Å². The van der Waals surface area contributed by atoms with E-state index in [2.05, 4.69) is 0 Å². The van der Waals surface area contributed by atoms with Crippen LogP contribution in [-0.2, 0) is 0 Å². The van der Waals surface area contributed by atoms with Crippen LogP contribution in [0.15, 0.2) is 24.3 Å². The van der Waals surface area contributed by atoms with Gasteiger partial charge in [-0.15, -0.1) is 0 Å². The van der Waals surface area contributed by atoms with Crippen molar-refractivity contribution in [3.05, 3.63) is 35.6 Å². The van der Waals surface area contributed by atoms with Crippen molar-refractivity contribution >= 4 is 0 Å². The van der Waals surface area contributed by atoms with Gasteiger partial charge in [-0.25, -0.2) is 4.39 Å². The van der Waals surface area contributed by atoms with Gasteiger partial charge < -0.3 is 5.73 Å². The van der Waals surface area contributed by atoms with Crippen LogP contribution < -0.4 is 5.73 Å². The Morgan fingerprint density at radius 2 is 1.84 bits per heavy atom. The van der Waals surface area contributed by atoms with Crippen LogP contribution in [-0.4, -0.2) is 30.2 Å². The normalized spacial score (nSPS) is 15.6. The largest absolute Gasteiger partial charge is 0.401 e. The lowest BCUT2D eigenvalue weighted by Crippen LogP contribution is -2.44. The van der Waals surface area contributed by atoms with Gasteiger partial charge in [-0.05, 0) is 19.5 Å². The first kappa shape index (κ1) is 15.9. The summed E-state index contributed by atoms with van der Waals surface area (Å²) in [5, 5.41) is 0. The average Bonchev–Trinajstić information content (AvgIpc) is 2.28. The fourth-order valence-electron chi connectivity index (χ4n) is 2.16. The van der Waals surface area contributed by atoms with Crippen molar-refractivity contribution in [2.75, 3.05) is 13.1 Å². The molecule has 6 heteroatoms. The number of benzene rings is 1. The SMILES string of the molecule is CCN(CC(F)(F)F)C(c1ccccc1F)C(C)N. The minimum Gasteiger partial charge on any atom is -0.326 e. The first-order valence-corrected chi connectivity index (χ1v) is 6.07. The van der Waals surface area contributed by atoms with E-state index in [1.54, 1.807) is 19.9 Å². The first-order valence-electron chi connectivity index (χ1n) is 6.07. The Morgan fingerprint density at radius 3 is 2.26 bits per heavy atom. The fourth-order valence-corrected chi connectivity index (χ4v) is 2.16. The lowest BCUT2D eigenvalue weighted by Gasteiger charge is -2.34. The summed E-state index contributed by atoms with van der Waals surface area (Å²) in [5.74, 6) is -0.537. The molecule has 1 aromatic carbocycles. The molecule has 2 atom stereocenters. The van der Waals surface area contributed by atoms with E-state index in [1.807, 2.05) is 0 Å². The number of alkyl halides is 3. The summed E-state index contributed by atoms with van der Waals surface area (Å²) in [4.78, 5) is 1.14. The highest BCUT2D eigenvalue weighted by atomic mass is 19.4. The van der Waals surface area contributed by atoms with Crippen LogP contribution in [0.4, 0.5) is 17.6 Å².